The average Bonchev–Trinajstić information content (AvgIpc) is 2.76. The minimum atomic E-state index is 0.694. The Morgan fingerprint density at radius 3 is 2.74 bits per heavy atom. The van der Waals surface area contributed by atoms with Crippen molar-refractivity contribution in [3.05, 3.63) is 36.1 Å². The summed E-state index contributed by atoms with van der Waals surface area (Å²) in [5, 5.41) is 3.07. The molecular weight excluding hydrogens is 242 g/mol. The SMILES string of the molecule is CNCc1ccc(-c2ccc3c(c2)OCCCO3)o1. The highest BCUT2D eigenvalue weighted by molar-refractivity contribution is 5.63. The van der Waals surface area contributed by atoms with Crippen LogP contribution < -0.4 is 14.8 Å². The van der Waals surface area contributed by atoms with Crippen LogP contribution in [0, 0.1) is 0 Å². The van der Waals surface area contributed by atoms with E-state index in [0.717, 1.165) is 41.5 Å². The standard InChI is InChI=1S/C15H17NO3/c1-16-10-12-4-6-13(19-12)11-3-5-14-15(9-11)18-8-2-7-17-14/h3-6,9,16H,2,7-8,10H2,1H3. The van der Waals surface area contributed by atoms with Gasteiger partial charge >= 0.3 is 0 Å². The first-order valence-corrected chi connectivity index (χ1v) is 6.50. The zero-order chi connectivity index (χ0) is 13.1. The van der Waals surface area contributed by atoms with Crippen LogP contribution in [0.3, 0.4) is 0 Å². The Hall–Kier alpha value is -1.94. The van der Waals surface area contributed by atoms with Crippen LogP contribution in [-0.2, 0) is 6.54 Å². The number of hydrogen-bond acceptors (Lipinski definition) is 4. The van der Waals surface area contributed by atoms with E-state index in [9.17, 15) is 0 Å². The molecule has 0 spiro atoms. The maximum atomic E-state index is 5.77. The molecule has 2 aromatic rings. The van der Waals surface area contributed by atoms with Gasteiger partial charge in [0.15, 0.2) is 11.5 Å². The van der Waals surface area contributed by atoms with Crippen LogP contribution in [0.2, 0.25) is 0 Å². The predicted molar refractivity (Wildman–Crippen MR) is 72.5 cm³/mol. The first-order valence-electron chi connectivity index (χ1n) is 6.50. The first kappa shape index (κ1) is 12.1. The fourth-order valence-electron chi connectivity index (χ4n) is 2.12. The molecule has 100 valence electrons. The van der Waals surface area contributed by atoms with Gasteiger partial charge in [0, 0.05) is 12.0 Å². The zero-order valence-corrected chi connectivity index (χ0v) is 10.9. The van der Waals surface area contributed by atoms with Gasteiger partial charge in [0.05, 0.1) is 19.8 Å². The summed E-state index contributed by atoms with van der Waals surface area (Å²) in [7, 11) is 1.90. The van der Waals surface area contributed by atoms with Gasteiger partial charge in [-0.2, -0.15) is 0 Å². The molecule has 0 bridgehead atoms. The first-order chi connectivity index (χ1) is 9.36. The van der Waals surface area contributed by atoms with Crippen molar-refractivity contribution in [2.75, 3.05) is 20.3 Å². The number of furan rings is 1. The van der Waals surface area contributed by atoms with Crippen LogP contribution in [0.1, 0.15) is 12.2 Å². The van der Waals surface area contributed by atoms with Gasteiger partial charge in [-0.05, 0) is 37.4 Å². The number of hydrogen-bond donors (Lipinski definition) is 1. The normalized spacial score (nSPS) is 14.2. The molecule has 3 rings (SSSR count). The lowest BCUT2D eigenvalue weighted by atomic mass is 10.1. The summed E-state index contributed by atoms with van der Waals surface area (Å²) in [5.41, 5.74) is 1.01. The van der Waals surface area contributed by atoms with Gasteiger partial charge in [0.2, 0.25) is 0 Å². The van der Waals surface area contributed by atoms with Gasteiger partial charge < -0.3 is 19.2 Å². The van der Waals surface area contributed by atoms with Crippen molar-refractivity contribution in [3.63, 3.8) is 0 Å². The second kappa shape index (κ2) is 5.36. The quantitative estimate of drug-likeness (QED) is 0.920. The molecule has 0 saturated heterocycles. The minimum Gasteiger partial charge on any atom is -0.490 e. The molecular formula is C15H17NO3. The van der Waals surface area contributed by atoms with Crippen molar-refractivity contribution in [1.29, 1.82) is 0 Å². The maximum Gasteiger partial charge on any atom is 0.161 e. The Morgan fingerprint density at radius 1 is 1.05 bits per heavy atom. The smallest absolute Gasteiger partial charge is 0.161 e. The maximum absolute atomic E-state index is 5.77. The monoisotopic (exact) mass is 259 g/mol. The van der Waals surface area contributed by atoms with Crippen LogP contribution in [0.15, 0.2) is 34.7 Å². The summed E-state index contributed by atoms with van der Waals surface area (Å²) in [6, 6.07) is 9.87. The summed E-state index contributed by atoms with van der Waals surface area (Å²) in [4.78, 5) is 0. The lowest BCUT2D eigenvalue weighted by Crippen LogP contribution is -2.03. The van der Waals surface area contributed by atoms with Crippen LogP contribution in [0.4, 0.5) is 0 Å². The van der Waals surface area contributed by atoms with Crippen molar-refractivity contribution < 1.29 is 13.9 Å². The second-order valence-corrected chi connectivity index (χ2v) is 4.51. The number of nitrogens with one attached hydrogen (secondary N) is 1. The van der Waals surface area contributed by atoms with E-state index >= 15 is 0 Å². The molecule has 0 unspecified atom stereocenters. The van der Waals surface area contributed by atoms with Crippen molar-refractivity contribution >= 4 is 0 Å². The van der Waals surface area contributed by atoms with E-state index in [1.54, 1.807) is 0 Å². The van der Waals surface area contributed by atoms with Gasteiger partial charge in [-0.3, -0.25) is 0 Å². The van der Waals surface area contributed by atoms with Crippen molar-refractivity contribution in [2.24, 2.45) is 0 Å². The molecule has 1 aromatic heterocycles. The number of benzene rings is 1. The lowest BCUT2D eigenvalue weighted by molar-refractivity contribution is 0.297. The number of ether oxygens (including phenoxy) is 2. The summed E-state index contributed by atoms with van der Waals surface area (Å²) >= 11 is 0. The van der Waals surface area contributed by atoms with E-state index in [4.69, 9.17) is 13.9 Å². The molecule has 0 radical (unpaired) electrons. The van der Waals surface area contributed by atoms with Crippen LogP contribution in [0.25, 0.3) is 11.3 Å². The highest BCUT2D eigenvalue weighted by Gasteiger charge is 2.13. The molecule has 1 N–H and O–H groups in total. The minimum absolute atomic E-state index is 0.694. The van der Waals surface area contributed by atoms with Crippen LogP contribution >= 0.6 is 0 Å². The average molecular weight is 259 g/mol. The van der Waals surface area contributed by atoms with Gasteiger partial charge in [0.25, 0.3) is 0 Å². The lowest BCUT2D eigenvalue weighted by Gasteiger charge is -2.08. The summed E-state index contributed by atoms with van der Waals surface area (Å²) in [5.74, 6) is 3.37. The Balaban J connectivity index is 1.89. The third-order valence-electron chi connectivity index (χ3n) is 3.04. The predicted octanol–water partition coefficient (Wildman–Crippen LogP) is 2.83. The molecule has 19 heavy (non-hydrogen) atoms. The summed E-state index contributed by atoms with van der Waals surface area (Å²) in [6.07, 6.45) is 0.914. The molecule has 1 aliphatic rings. The molecule has 0 aliphatic carbocycles. The molecule has 0 fully saturated rings. The largest absolute Gasteiger partial charge is 0.490 e. The molecule has 0 amide bonds. The molecule has 4 heteroatoms. The molecule has 1 aliphatic heterocycles. The van der Waals surface area contributed by atoms with E-state index in [2.05, 4.69) is 5.32 Å². The van der Waals surface area contributed by atoms with Gasteiger partial charge in [-0.25, -0.2) is 0 Å². The second-order valence-electron chi connectivity index (χ2n) is 4.51. The zero-order valence-electron chi connectivity index (χ0n) is 10.9. The highest BCUT2D eigenvalue weighted by atomic mass is 16.5. The molecule has 2 heterocycles. The fourth-order valence-corrected chi connectivity index (χ4v) is 2.12. The summed E-state index contributed by atoms with van der Waals surface area (Å²) < 4.78 is 17.1. The highest BCUT2D eigenvalue weighted by Crippen LogP contribution is 2.34. The third-order valence-corrected chi connectivity index (χ3v) is 3.04. The molecule has 4 nitrogen and oxygen atoms in total. The Labute approximate surface area is 112 Å². The Morgan fingerprint density at radius 2 is 1.89 bits per heavy atom. The van der Waals surface area contributed by atoms with Crippen molar-refractivity contribution in [1.82, 2.24) is 5.32 Å². The van der Waals surface area contributed by atoms with Crippen molar-refractivity contribution in [2.45, 2.75) is 13.0 Å². The van der Waals surface area contributed by atoms with E-state index in [0.29, 0.717) is 13.2 Å². The van der Waals surface area contributed by atoms with Crippen LogP contribution in [0.5, 0.6) is 11.5 Å². The molecule has 0 saturated carbocycles. The van der Waals surface area contributed by atoms with Crippen LogP contribution in [-0.4, -0.2) is 20.3 Å². The third kappa shape index (κ3) is 2.58. The number of fused-ring (bicyclic) bond motifs is 1. The Bertz CT molecular complexity index is 562. The van der Waals surface area contributed by atoms with E-state index in [1.807, 2.05) is 37.4 Å². The topological polar surface area (TPSA) is 43.6 Å². The molecule has 0 atom stereocenters. The van der Waals surface area contributed by atoms with Gasteiger partial charge in [-0.15, -0.1) is 0 Å². The van der Waals surface area contributed by atoms with Gasteiger partial charge in [0.1, 0.15) is 11.5 Å². The fraction of sp³-hybridized carbons (Fsp3) is 0.333. The van der Waals surface area contributed by atoms with Crippen molar-refractivity contribution in [3.8, 4) is 22.8 Å². The Kier molecular flexibility index (Phi) is 3.42. The van der Waals surface area contributed by atoms with E-state index < -0.39 is 0 Å². The summed E-state index contributed by atoms with van der Waals surface area (Å²) in [6.45, 7) is 2.13. The van der Waals surface area contributed by atoms with E-state index in [-0.39, 0.29) is 0 Å². The molecule has 1 aromatic carbocycles. The van der Waals surface area contributed by atoms with E-state index in [1.165, 1.54) is 0 Å². The van der Waals surface area contributed by atoms with Gasteiger partial charge in [-0.1, -0.05) is 0 Å². The number of rotatable bonds is 3.